The molecule has 0 aliphatic carbocycles. The van der Waals surface area contributed by atoms with Crippen molar-refractivity contribution in [3.63, 3.8) is 0 Å². The molecule has 3 rings (SSSR count). The van der Waals surface area contributed by atoms with Crippen LogP contribution in [-0.2, 0) is 16.1 Å². The number of ether oxygens (including phenoxy) is 2. The van der Waals surface area contributed by atoms with Gasteiger partial charge >= 0.3 is 5.97 Å². The molecule has 0 unspecified atom stereocenters. The lowest BCUT2D eigenvalue weighted by molar-refractivity contribution is -0.145. The van der Waals surface area contributed by atoms with E-state index in [0.717, 1.165) is 16.9 Å². The molecule has 0 bridgehead atoms. The predicted molar refractivity (Wildman–Crippen MR) is 102 cm³/mol. The van der Waals surface area contributed by atoms with Gasteiger partial charge in [0.05, 0.1) is 23.7 Å². The third-order valence-electron chi connectivity index (χ3n) is 3.96. The molecular formula is C20H19ClN2O4. The summed E-state index contributed by atoms with van der Waals surface area (Å²) in [5, 5.41) is 0.439. The Bertz CT molecular complexity index is 1050. The Hall–Kier alpha value is -2.86. The number of carbonyl (C=O) groups is 1. The van der Waals surface area contributed by atoms with Crippen molar-refractivity contribution in [1.29, 1.82) is 0 Å². The van der Waals surface area contributed by atoms with Gasteiger partial charge in [0, 0.05) is 12.3 Å². The van der Waals surface area contributed by atoms with Gasteiger partial charge in [0.2, 0.25) is 0 Å². The van der Waals surface area contributed by atoms with Crippen LogP contribution in [0.1, 0.15) is 23.2 Å². The minimum Gasteiger partial charge on any atom is -0.493 e. The van der Waals surface area contributed by atoms with Crippen LogP contribution in [0.2, 0.25) is 5.02 Å². The van der Waals surface area contributed by atoms with E-state index >= 15 is 0 Å². The molecule has 0 aliphatic heterocycles. The van der Waals surface area contributed by atoms with Crippen LogP contribution in [0.4, 0.5) is 0 Å². The molecule has 27 heavy (non-hydrogen) atoms. The minimum absolute atomic E-state index is 0.0727. The van der Waals surface area contributed by atoms with Crippen molar-refractivity contribution in [2.75, 3.05) is 6.61 Å². The van der Waals surface area contributed by atoms with E-state index in [1.807, 2.05) is 32.0 Å². The molecule has 3 aromatic rings. The summed E-state index contributed by atoms with van der Waals surface area (Å²) < 4.78 is 12.2. The molecule has 0 amide bonds. The third kappa shape index (κ3) is 4.86. The number of fused-ring (bicyclic) bond motifs is 1. The van der Waals surface area contributed by atoms with Crippen LogP contribution in [0, 0.1) is 13.8 Å². The molecule has 7 heteroatoms. The number of carbonyl (C=O) groups excluding carboxylic acids is 1. The molecule has 0 saturated heterocycles. The highest BCUT2D eigenvalue weighted by Gasteiger charge is 2.08. The summed E-state index contributed by atoms with van der Waals surface area (Å²) in [6.45, 7) is 4.07. The van der Waals surface area contributed by atoms with Gasteiger partial charge in [0.15, 0.2) is 0 Å². The normalized spacial score (nSPS) is 10.8. The number of halogens is 1. The Morgan fingerprint density at radius 3 is 2.81 bits per heavy atom. The fourth-order valence-corrected chi connectivity index (χ4v) is 2.69. The molecule has 2 aromatic heterocycles. The van der Waals surface area contributed by atoms with E-state index in [9.17, 15) is 9.59 Å². The van der Waals surface area contributed by atoms with Gasteiger partial charge in [-0.1, -0.05) is 23.7 Å². The van der Waals surface area contributed by atoms with Gasteiger partial charge in [-0.2, -0.15) is 0 Å². The number of nitrogens with zero attached hydrogens (tertiary/aromatic N) is 2. The van der Waals surface area contributed by atoms with E-state index in [1.54, 1.807) is 12.1 Å². The van der Waals surface area contributed by atoms with Gasteiger partial charge in [-0.15, -0.1) is 0 Å². The molecule has 0 saturated carbocycles. The highest BCUT2D eigenvalue weighted by molar-refractivity contribution is 6.30. The maximum atomic E-state index is 12.1. The summed E-state index contributed by atoms with van der Waals surface area (Å²) in [5.41, 5.74) is 2.64. The molecule has 0 fully saturated rings. The van der Waals surface area contributed by atoms with Crippen molar-refractivity contribution >= 4 is 23.2 Å². The molecule has 0 N–H and O–H groups in total. The average Bonchev–Trinajstić information content (AvgIpc) is 2.63. The second kappa shape index (κ2) is 8.22. The molecule has 6 nitrogen and oxygen atoms in total. The Balaban J connectivity index is 1.55. The van der Waals surface area contributed by atoms with Crippen LogP contribution < -0.4 is 10.3 Å². The van der Waals surface area contributed by atoms with Crippen molar-refractivity contribution in [2.24, 2.45) is 0 Å². The Labute approximate surface area is 161 Å². The monoisotopic (exact) mass is 386 g/mol. The number of hydrogen-bond acceptors (Lipinski definition) is 5. The molecule has 140 valence electrons. The Morgan fingerprint density at radius 1 is 1.19 bits per heavy atom. The van der Waals surface area contributed by atoms with E-state index in [1.165, 1.54) is 16.7 Å². The second-order valence-corrected chi connectivity index (χ2v) is 6.63. The van der Waals surface area contributed by atoms with Gasteiger partial charge in [0.1, 0.15) is 18.0 Å². The van der Waals surface area contributed by atoms with E-state index in [2.05, 4.69) is 4.98 Å². The third-order valence-corrected chi connectivity index (χ3v) is 4.19. The van der Waals surface area contributed by atoms with Crippen LogP contribution in [0.25, 0.3) is 5.65 Å². The lowest BCUT2D eigenvalue weighted by Crippen LogP contribution is -2.17. The van der Waals surface area contributed by atoms with Gasteiger partial charge in [-0.05, 0) is 43.2 Å². The molecule has 0 atom stereocenters. The van der Waals surface area contributed by atoms with Crippen molar-refractivity contribution in [2.45, 2.75) is 26.9 Å². The second-order valence-electron chi connectivity index (χ2n) is 6.19. The van der Waals surface area contributed by atoms with Crippen LogP contribution in [-0.4, -0.2) is 22.0 Å². The Morgan fingerprint density at radius 2 is 2.00 bits per heavy atom. The van der Waals surface area contributed by atoms with Gasteiger partial charge in [0.25, 0.3) is 5.56 Å². The molecular weight excluding hydrogens is 368 g/mol. The number of pyridine rings is 1. The smallest absolute Gasteiger partial charge is 0.309 e. The number of esters is 1. The van der Waals surface area contributed by atoms with Crippen LogP contribution >= 0.6 is 11.6 Å². The number of benzene rings is 1. The lowest BCUT2D eigenvalue weighted by atomic mass is 10.1. The van der Waals surface area contributed by atoms with E-state index in [4.69, 9.17) is 21.1 Å². The van der Waals surface area contributed by atoms with Crippen LogP contribution in [0.3, 0.4) is 0 Å². The number of hydrogen-bond donors (Lipinski definition) is 0. The Kier molecular flexibility index (Phi) is 5.76. The van der Waals surface area contributed by atoms with Crippen molar-refractivity contribution in [1.82, 2.24) is 9.38 Å². The zero-order chi connectivity index (χ0) is 19.4. The maximum Gasteiger partial charge on any atom is 0.309 e. The topological polar surface area (TPSA) is 69.9 Å². The first-order chi connectivity index (χ1) is 12.9. The first-order valence-corrected chi connectivity index (χ1v) is 8.84. The maximum absolute atomic E-state index is 12.1. The van der Waals surface area contributed by atoms with Gasteiger partial charge in [-0.3, -0.25) is 14.0 Å². The van der Waals surface area contributed by atoms with Gasteiger partial charge < -0.3 is 9.47 Å². The summed E-state index contributed by atoms with van der Waals surface area (Å²) in [6.07, 6.45) is 1.60. The van der Waals surface area contributed by atoms with Crippen LogP contribution in [0.15, 0.2) is 47.4 Å². The summed E-state index contributed by atoms with van der Waals surface area (Å²) in [4.78, 5) is 28.3. The quantitative estimate of drug-likeness (QED) is 0.606. The first-order valence-electron chi connectivity index (χ1n) is 8.46. The van der Waals surface area contributed by atoms with E-state index in [-0.39, 0.29) is 25.2 Å². The van der Waals surface area contributed by atoms with Crippen molar-refractivity contribution < 1.29 is 14.3 Å². The number of rotatable bonds is 6. The first kappa shape index (κ1) is 18.9. The average molecular weight is 387 g/mol. The van der Waals surface area contributed by atoms with Gasteiger partial charge in [-0.25, -0.2) is 4.98 Å². The predicted octanol–water partition coefficient (Wildman–Crippen LogP) is 3.48. The van der Waals surface area contributed by atoms with E-state index < -0.39 is 5.97 Å². The lowest BCUT2D eigenvalue weighted by Gasteiger charge is -2.10. The fraction of sp³-hybridized carbons (Fsp3) is 0.250. The largest absolute Gasteiger partial charge is 0.493 e. The highest BCUT2D eigenvalue weighted by Crippen LogP contribution is 2.19. The van der Waals surface area contributed by atoms with Crippen molar-refractivity contribution in [3.8, 4) is 5.75 Å². The molecule has 0 radical (unpaired) electrons. The zero-order valence-electron chi connectivity index (χ0n) is 15.1. The SMILES string of the molecule is Cc1ccc(C)c(OCCC(=O)OCc2cc(=O)n3cc(Cl)ccc3n2)c1. The standard InChI is InChI=1S/C20H19ClN2O4/c1-13-3-4-14(2)17(9-13)26-8-7-20(25)27-12-16-10-19(24)23-11-15(21)5-6-18(23)22-16/h3-6,9-11H,7-8,12H2,1-2H3. The number of aromatic nitrogens is 2. The molecule has 0 aliphatic rings. The summed E-state index contributed by atoms with van der Waals surface area (Å²) in [5.74, 6) is 0.337. The summed E-state index contributed by atoms with van der Waals surface area (Å²) >= 11 is 5.88. The minimum atomic E-state index is -0.418. The molecule has 2 heterocycles. The highest BCUT2D eigenvalue weighted by atomic mass is 35.5. The molecule has 1 aromatic carbocycles. The molecule has 0 spiro atoms. The number of aryl methyl sites for hydroxylation is 2. The summed E-state index contributed by atoms with van der Waals surface area (Å²) in [7, 11) is 0. The fourth-order valence-electron chi connectivity index (χ4n) is 2.53. The summed E-state index contributed by atoms with van der Waals surface area (Å²) in [6, 6.07) is 10.5. The van der Waals surface area contributed by atoms with Crippen LogP contribution in [0.5, 0.6) is 5.75 Å². The zero-order valence-corrected chi connectivity index (χ0v) is 15.8. The van der Waals surface area contributed by atoms with Crippen molar-refractivity contribution in [3.05, 3.63) is 74.8 Å². The van der Waals surface area contributed by atoms with E-state index in [0.29, 0.717) is 16.4 Å².